The quantitative estimate of drug-likeness (QED) is 0.647. The molecule has 0 bridgehead atoms. The van der Waals surface area contributed by atoms with E-state index in [0.29, 0.717) is 5.96 Å². The predicted molar refractivity (Wildman–Crippen MR) is 88.4 cm³/mol. The zero-order chi connectivity index (χ0) is 15.5. The summed E-state index contributed by atoms with van der Waals surface area (Å²) < 4.78 is 5.42. The van der Waals surface area contributed by atoms with E-state index in [1.165, 1.54) is 5.56 Å². The summed E-state index contributed by atoms with van der Waals surface area (Å²) in [7, 11) is 0. The molecule has 1 aromatic rings. The number of nitrogens with one attached hydrogen (secondary N) is 1. The number of guanidine groups is 1. The number of ether oxygens (including phenoxy) is 1. The van der Waals surface area contributed by atoms with Gasteiger partial charge in [-0.1, -0.05) is 6.07 Å². The number of hydrogen-bond acceptors (Lipinski definition) is 3. The predicted octanol–water partition coefficient (Wildman–Crippen LogP) is 2.17. The average molecular weight is 290 g/mol. The van der Waals surface area contributed by atoms with Crippen molar-refractivity contribution in [2.45, 2.75) is 33.2 Å². The van der Waals surface area contributed by atoms with E-state index in [-0.39, 0.29) is 5.54 Å². The lowest BCUT2D eigenvalue weighted by Gasteiger charge is -2.30. The van der Waals surface area contributed by atoms with Crippen LogP contribution in [-0.4, -0.2) is 37.8 Å². The van der Waals surface area contributed by atoms with E-state index in [1.807, 2.05) is 6.07 Å². The van der Waals surface area contributed by atoms with Crippen LogP contribution in [0.2, 0.25) is 0 Å². The fourth-order valence-electron chi connectivity index (χ4n) is 2.33. The number of aliphatic imine (C=N–C) groups is 1. The largest absolute Gasteiger partial charge is 0.378 e. The summed E-state index contributed by atoms with van der Waals surface area (Å²) in [6.45, 7) is 11.6. The van der Waals surface area contributed by atoms with Crippen LogP contribution < -0.4 is 16.0 Å². The number of anilines is 1. The average Bonchev–Trinajstić information content (AvgIpc) is 2.40. The standard InChI is InChI=1S/C16H26N4O/c1-12-5-6-13(18-15(17)19-16(2,3)4)14(11-12)20-7-9-21-10-8-20/h5-6,11H,7-10H2,1-4H3,(H3,17,18,19). The number of nitrogens with two attached hydrogens (primary N) is 1. The summed E-state index contributed by atoms with van der Waals surface area (Å²) in [6.07, 6.45) is 0. The van der Waals surface area contributed by atoms with Crippen molar-refractivity contribution in [1.29, 1.82) is 0 Å². The Labute approximate surface area is 127 Å². The highest BCUT2D eigenvalue weighted by Gasteiger charge is 2.16. The molecule has 1 aliphatic rings. The van der Waals surface area contributed by atoms with Crippen molar-refractivity contribution in [1.82, 2.24) is 5.32 Å². The minimum absolute atomic E-state index is 0.0998. The monoisotopic (exact) mass is 290 g/mol. The fraction of sp³-hybridized carbons (Fsp3) is 0.562. The van der Waals surface area contributed by atoms with Gasteiger partial charge < -0.3 is 20.7 Å². The Morgan fingerprint density at radius 1 is 1.29 bits per heavy atom. The van der Waals surface area contributed by atoms with Gasteiger partial charge in [-0.3, -0.25) is 0 Å². The SMILES string of the molecule is Cc1ccc(N=C(N)NC(C)(C)C)c(N2CCOCC2)c1. The van der Waals surface area contributed by atoms with Crippen molar-refractivity contribution < 1.29 is 4.74 Å². The van der Waals surface area contributed by atoms with Gasteiger partial charge in [-0.2, -0.15) is 0 Å². The van der Waals surface area contributed by atoms with Gasteiger partial charge in [-0.05, 0) is 45.4 Å². The summed E-state index contributed by atoms with van der Waals surface area (Å²) >= 11 is 0. The van der Waals surface area contributed by atoms with E-state index in [1.54, 1.807) is 0 Å². The van der Waals surface area contributed by atoms with E-state index in [0.717, 1.165) is 37.7 Å². The topological polar surface area (TPSA) is 62.9 Å². The Kier molecular flexibility index (Phi) is 4.73. The summed E-state index contributed by atoms with van der Waals surface area (Å²) in [6, 6.07) is 6.25. The lowest BCUT2D eigenvalue weighted by molar-refractivity contribution is 0.123. The van der Waals surface area contributed by atoms with Gasteiger partial charge in [0.05, 0.1) is 24.6 Å². The second kappa shape index (κ2) is 6.35. The molecule has 1 fully saturated rings. The van der Waals surface area contributed by atoms with E-state index >= 15 is 0 Å². The van der Waals surface area contributed by atoms with Gasteiger partial charge >= 0.3 is 0 Å². The first-order valence-electron chi connectivity index (χ1n) is 7.41. The Morgan fingerprint density at radius 2 is 1.95 bits per heavy atom. The molecule has 0 atom stereocenters. The number of hydrogen-bond donors (Lipinski definition) is 2. The Hall–Kier alpha value is -1.75. The smallest absolute Gasteiger partial charge is 0.194 e. The van der Waals surface area contributed by atoms with Crippen molar-refractivity contribution >= 4 is 17.3 Å². The van der Waals surface area contributed by atoms with Crippen molar-refractivity contribution in [3.63, 3.8) is 0 Å². The lowest BCUT2D eigenvalue weighted by Crippen LogP contribution is -2.44. The van der Waals surface area contributed by atoms with Gasteiger partial charge in [0, 0.05) is 18.6 Å². The number of rotatable bonds is 2. The first kappa shape index (κ1) is 15.6. The third-order valence-corrected chi connectivity index (χ3v) is 3.23. The van der Waals surface area contributed by atoms with Crippen molar-refractivity contribution in [2.24, 2.45) is 10.7 Å². The van der Waals surface area contributed by atoms with Crippen LogP contribution in [0.25, 0.3) is 0 Å². The second-order valence-electron chi connectivity index (χ2n) is 6.46. The molecule has 0 amide bonds. The maximum absolute atomic E-state index is 6.02. The highest BCUT2D eigenvalue weighted by atomic mass is 16.5. The van der Waals surface area contributed by atoms with Crippen molar-refractivity contribution in [3.8, 4) is 0 Å². The molecule has 116 valence electrons. The van der Waals surface area contributed by atoms with Gasteiger partial charge in [0.2, 0.25) is 0 Å². The van der Waals surface area contributed by atoms with Crippen LogP contribution in [0.5, 0.6) is 0 Å². The van der Waals surface area contributed by atoms with Gasteiger partial charge in [0.15, 0.2) is 5.96 Å². The van der Waals surface area contributed by atoms with Crippen LogP contribution in [0.15, 0.2) is 23.2 Å². The van der Waals surface area contributed by atoms with E-state index in [2.05, 4.69) is 55.0 Å². The summed E-state index contributed by atoms with van der Waals surface area (Å²) in [4.78, 5) is 6.87. The van der Waals surface area contributed by atoms with Gasteiger partial charge in [0.1, 0.15) is 0 Å². The molecule has 0 unspecified atom stereocenters. The normalized spacial score (nSPS) is 17.0. The van der Waals surface area contributed by atoms with Crippen LogP contribution in [-0.2, 0) is 4.74 Å². The molecule has 21 heavy (non-hydrogen) atoms. The van der Waals surface area contributed by atoms with E-state index in [9.17, 15) is 0 Å². The Morgan fingerprint density at radius 3 is 2.57 bits per heavy atom. The Balaban J connectivity index is 2.28. The first-order valence-corrected chi connectivity index (χ1v) is 7.41. The molecule has 1 heterocycles. The van der Waals surface area contributed by atoms with Gasteiger partial charge in [0.25, 0.3) is 0 Å². The van der Waals surface area contributed by atoms with Crippen LogP contribution in [0.1, 0.15) is 26.3 Å². The fourth-order valence-corrected chi connectivity index (χ4v) is 2.33. The van der Waals surface area contributed by atoms with Gasteiger partial charge in [-0.25, -0.2) is 4.99 Å². The third kappa shape index (κ3) is 4.63. The third-order valence-electron chi connectivity index (χ3n) is 3.23. The van der Waals surface area contributed by atoms with Crippen LogP contribution in [0, 0.1) is 6.92 Å². The molecule has 1 aliphatic heterocycles. The molecule has 5 nitrogen and oxygen atoms in total. The zero-order valence-electron chi connectivity index (χ0n) is 13.4. The number of aryl methyl sites for hydroxylation is 1. The molecule has 0 aliphatic carbocycles. The molecule has 1 aromatic carbocycles. The molecule has 0 aromatic heterocycles. The highest BCUT2D eigenvalue weighted by molar-refractivity contribution is 5.84. The minimum atomic E-state index is -0.0998. The Bertz CT molecular complexity index is 513. The van der Waals surface area contributed by atoms with E-state index in [4.69, 9.17) is 10.5 Å². The van der Waals surface area contributed by atoms with Crippen molar-refractivity contribution in [3.05, 3.63) is 23.8 Å². The molecular weight excluding hydrogens is 264 g/mol. The second-order valence-corrected chi connectivity index (χ2v) is 6.46. The molecule has 1 saturated heterocycles. The number of morpholine rings is 1. The van der Waals surface area contributed by atoms with Crippen LogP contribution in [0.4, 0.5) is 11.4 Å². The molecule has 0 spiro atoms. The lowest BCUT2D eigenvalue weighted by atomic mass is 10.1. The minimum Gasteiger partial charge on any atom is -0.378 e. The number of nitrogens with zero attached hydrogens (tertiary/aromatic N) is 2. The highest BCUT2D eigenvalue weighted by Crippen LogP contribution is 2.30. The molecular formula is C16H26N4O. The van der Waals surface area contributed by atoms with Crippen molar-refractivity contribution in [2.75, 3.05) is 31.2 Å². The molecule has 2 rings (SSSR count). The molecule has 0 radical (unpaired) electrons. The summed E-state index contributed by atoms with van der Waals surface area (Å²) in [5, 5.41) is 3.20. The van der Waals surface area contributed by atoms with Crippen LogP contribution in [0.3, 0.4) is 0 Å². The summed E-state index contributed by atoms with van der Waals surface area (Å²) in [5.41, 5.74) is 9.17. The number of benzene rings is 1. The van der Waals surface area contributed by atoms with E-state index < -0.39 is 0 Å². The van der Waals surface area contributed by atoms with Gasteiger partial charge in [-0.15, -0.1) is 0 Å². The molecule has 5 heteroatoms. The maximum Gasteiger partial charge on any atom is 0.194 e. The maximum atomic E-state index is 6.02. The molecule has 3 N–H and O–H groups in total. The first-order chi connectivity index (χ1) is 9.85. The zero-order valence-corrected chi connectivity index (χ0v) is 13.4. The summed E-state index contributed by atoms with van der Waals surface area (Å²) in [5.74, 6) is 0.445. The van der Waals surface area contributed by atoms with Crippen LogP contribution >= 0.6 is 0 Å². The molecule has 0 saturated carbocycles.